The molecule has 2 rings (SSSR count). The molecule has 0 amide bonds. The van der Waals surface area contributed by atoms with Crippen molar-refractivity contribution in [3.8, 4) is 5.75 Å². The van der Waals surface area contributed by atoms with E-state index >= 15 is 0 Å². The van der Waals surface area contributed by atoms with E-state index in [1.807, 2.05) is 30.3 Å². The van der Waals surface area contributed by atoms with E-state index in [0.717, 1.165) is 17.7 Å². The number of rotatable bonds is 6. The van der Waals surface area contributed by atoms with Gasteiger partial charge < -0.3 is 4.74 Å². The molecule has 0 aromatic heterocycles. The second-order valence-electron chi connectivity index (χ2n) is 5.06. The molecule has 2 aromatic carbocycles. The van der Waals surface area contributed by atoms with Gasteiger partial charge in [0.25, 0.3) is 0 Å². The third-order valence-electron chi connectivity index (χ3n) is 3.31. The highest BCUT2D eigenvalue weighted by Crippen LogP contribution is 2.14. The summed E-state index contributed by atoms with van der Waals surface area (Å²) in [4.78, 5) is 12.0. The van der Waals surface area contributed by atoms with Crippen molar-refractivity contribution in [1.29, 1.82) is 0 Å². The van der Waals surface area contributed by atoms with E-state index in [0.29, 0.717) is 12.8 Å². The fourth-order valence-corrected chi connectivity index (χ4v) is 2.25. The lowest BCUT2D eigenvalue weighted by Gasteiger charge is -2.05. The van der Waals surface area contributed by atoms with Gasteiger partial charge in [0.15, 0.2) is 0 Å². The molecular formula is C18H20O2. The van der Waals surface area contributed by atoms with Crippen LogP contribution in [0.1, 0.15) is 23.1 Å². The maximum Gasteiger partial charge on any atom is 0.137 e. The van der Waals surface area contributed by atoms with Crippen LogP contribution in [0.4, 0.5) is 0 Å². The highest BCUT2D eigenvalue weighted by atomic mass is 16.5. The number of benzene rings is 2. The number of carbonyl (C=O) groups is 1. The first-order valence-corrected chi connectivity index (χ1v) is 6.87. The Bertz CT molecular complexity index is 587. The van der Waals surface area contributed by atoms with Gasteiger partial charge in [-0.3, -0.25) is 4.79 Å². The Morgan fingerprint density at radius 2 is 1.80 bits per heavy atom. The molecule has 0 radical (unpaired) electrons. The molecule has 0 atom stereocenters. The zero-order chi connectivity index (χ0) is 14.4. The highest BCUT2D eigenvalue weighted by Gasteiger charge is 2.05. The number of carbonyl (C=O) groups excluding carboxylic acids is 1. The van der Waals surface area contributed by atoms with Crippen LogP contribution in [0.5, 0.6) is 5.75 Å². The standard InChI is InChI=1S/C18H20O2/c1-14-5-3-6-15(11-14)9-10-17(19)12-16-7-4-8-18(13-16)20-2/h3-8,11,13H,9-10,12H2,1-2H3. The van der Waals surface area contributed by atoms with Crippen molar-refractivity contribution >= 4 is 5.78 Å². The smallest absolute Gasteiger partial charge is 0.137 e. The minimum atomic E-state index is 0.264. The van der Waals surface area contributed by atoms with Crippen LogP contribution < -0.4 is 4.74 Å². The maximum absolute atomic E-state index is 12.0. The first-order valence-electron chi connectivity index (χ1n) is 6.87. The maximum atomic E-state index is 12.0. The Morgan fingerprint density at radius 3 is 2.55 bits per heavy atom. The second-order valence-corrected chi connectivity index (χ2v) is 5.06. The van der Waals surface area contributed by atoms with Crippen LogP contribution in [0, 0.1) is 6.92 Å². The van der Waals surface area contributed by atoms with E-state index in [9.17, 15) is 4.79 Å². The Kier molecular flexibility index (Phi) is 4.94. The zero-order valence-corrected chi connectivity index (χ0v) is 12.1. The molecule has 20 heavy (non-hydrogen) atoms. The predicted octanol–water partition coefficient (Wildman–Crippen LogP) is 3.75. The van der Waals surface area contributed by atoms with Crippen LogP contribution in [0.25, 0.3) is 0 Å². The zero-order valence-electron chi connectivity index (χ0n) is 12.1. The Labute approximate surface area is 120 Å². The van der Waals surface area contributed by atoms with E-state index in [1.54, 1.807) is 7.11 Å². The summed E-state index contributed by atoms with van der Waals surface area (Å²) in [5, 5.41) is 0. The predicted molar refractivity (Wildman–Crippen MR) is 81.2 cm³/mol. The van der Waals surface area contributed by atoms with Crippen molar-refractivity contribution in [3.63, 3.8) is 0 Å². The molecule has 2 nitrogen and oxygen atoms in total. The summed E-state index contributed by atoms with van der Waals surface area (Å²) in [7, 11) is 1.64. The molecule has 0 aliphatic carbocycles. The fraction of sp³-hybridized carbons (Fsp3) is 0.278. The van der Waals surface area contributed by atoms with E-state index in [1.165, 1.54) is 11.1 Å². The van der Waals surface area contributed by atoms with E-state index in [4.69, 9.17) is 4.74 Å². The normalized spacial score (nSPS) is 10.3. The number of methoxy groups -OCH3 is 1. The lowest BCUT2D eigenvalue weighted by atomic mass is 10.0. The molecule has 2 heteroatoms. The summed E-state index contributed by atoms with van der Waals surface area (Å²) in [6.07, 6.45) is 1.87. The minimum absolute atomic E-state index is 0.264. The third kappa shape index (κ3) is 4.23. The molecule has 0 fully saturated rings. The third-order valence-corrected chi connectivity index (χ3v) is 3.31. The lowest BCUT2D eigenvalue weighted by Crippen LogP contribution is -2.04. The average molecular weight is 268 g/mol. The monoisotopic (exact) mass is 268 g/mol. The molecule has 0 spiro atoms. The largest absolute Gasteiger partial charge is 0.497 e. The van der Waals surface area contributed by atoms with Crippen molar-refractivity contribution in [2.45, 2.75) is 26.2 Å². The van der Waals surface area contributed by atoms with Gasteiger partial charge in [-0.15, -0.1) is 0 Å². The summed E-state index contributed by atoms with van der Waals surface area (Å²) < 4.78 is 5.17. The van der Waals surface area contributed by atoms with Crippen molar-refractivity contribution in [3.05, 3.63) is 65.2 Å². The van der Waals surface area contributed by atoms with Crippen LogP contribution in [0.3, 0.4) is 0 Å². The van der Waals surface area contributed by atoms with Crippen LogP contribution in [0.2, 0.25) is 0 Å². The summed E-state index contributed by atoms with van der Waals surface area (Å²) in [5.41, 5.74) is 3.48. The molecule has 0 bridgehead atoms. The topological polar surface area (TPSA) is 26.3 Å². The van der Waals surface area contributed by atoms with Gasteiger partial charge in [0.1, 0.15) is 11.5 Å². The summed E-state index contributed by atoms with van der Waals surface area (Å²) in [5.74, 6) is 1.06. The summed E-state index contributed by atoms with van der Waals surface area (Å²) in [6.45, 7) is 2.07. The molecule has 104 valence electrons. The fourth-order valence-electron chi connectivity index (χ4n) is 2.25. The van der Waals surface area contributed by atoms with Crippen LogP contribution in [0.15, 0.2) is 48.5 Å². The van der Waals surface area contributed by atoms with Gasteiger partial charge in [-0.05, 0) is 36.6 Å². The highest BCUT2D eigenvalue weighted by molar-refractivity contribution is 5.81. The number of Topliss-reactive ketones (excluding diaryl/α,β-unsaturated/α-hetero) is 1. The van der Waals surface area contributed by atoms with Crippen molar-refractivity contribution in [2.75, 3.05) is 7.11 Å². The number of hydrogen-bond donors (Lipinski definition) is 0. The van der Waals surface area contributed by atoms with Gasteiger partial charge in [0.05, 0.1) is 7.11 Å². The average Bonchev–Trinajstić information content (AvgIpc) is 2.45. The molecule has 0 unspecified atom stereocenters. The van der Waals surface area contributed by atoms with Crippen molar-refractivity contribution in [2.24, 2.45) is 0 Å². The van der Waals surface area contributed by atoms with Gasteiger partial charge in [0.2, 0.25) is 0 Å². The van der Waals surface area contributed by atoms with E-state index in [2.05, 4.69) is 25.1 Å². The van der Waals surface area contributed by atoms with Gasteiger partial charge in [0, 0.05) is 12.8 Å². The van der Waals surface area contributed by atoms with Gasteiger partial charge in [-0.25, -0.2) is 0 Å². The minimum Gasteiger partial charge on any atom is -0.497 e. The summed E-state index contributed by atoms with van der Waals surface area (Å²) >= 11 is 0. The van der Waals surface area contributed by atoms with Crippen LogP contribution in [-0.2, 0) is 17.6 Å². The molecule has 0 heterocycles. The summed E-state index contributed by atoms with van der Waals surface area (Å²) in [6, 6.07) is 16.0. The molecule has 0 aliphatic heterocycles. The number of ketones is 1. The van der Waals surface area contributed by atoms with E-state index < -0.39 is 0 Å². The van der Waals surface area contributed by atoms with Crippen molar-refractivity contribution < 1.29 is 9.53 Å². The van der Waals surface area contributed by atoms with Gasteiger partial charge in [-0.1, -0.05) is 42.0 Å². The first-order chi connectivity index (χ1) is 9.67. The van der Waals surface area contributed by atoms with Crippen LogP contribution in [-0.4, -0.2) is 12.9 Å². The molecule has 0 saturated carbocycles. The second kappa shape index (κ2) is 6.90. The Balaban J connectivity index is 1.89. The lowest BCUT2D eigenvalue weighted by molar-refractivity contribution is -0.118. The first kappa shape index (κ1) is 14.3. The van der Waals surface area contributed by atoms with Gasteiger partial charge in [-0.2, -0.15) is 0 Å². The Hall–Kier alpha value is -2.09. The molecule has 0 saturated heterocycles. The molecule has 2 aromatic rings. The molecule has 0 N–H and O–H groups in total. The van der Waals surface area contributed by atoms with Crippen molar-refractivity contribution in [1.82, 2.24) is 0 Å². The molecule has 0 aliphatic rings. The van der Waals surface area contributed by atoms with Crippen LogP contribution >= 0.6 is 0 Å². The SMILES string of the molecule is COc1cccc(CC(=O)CCc2cccc(C)c2)c1. The number of hydrogen-bond acceptors (Lipinski definition) is 2. The van der Waals surface area contributed by atoms with E-state index in [-0.39, 0.29) is 5.78 Å². The number of aryl methyl sites for hydroxylation is 2. The number of ether oxygens (including phenoxy) is 1. The Morgan fingerprint density at radius 1 is 1.05 bits per heavy atom. The quantitative estimate of drug-likeness (QED) is 0.797. The van der Waals surface area contributed by atoms with Gasteiger partial charge >= 0.3 is 0 Å². The molecular weight excluding hydrogens is 248 g/mol.